The van der Waals surface area contributed by atoms with E-state index in [2.05, 4.69) is 16.4 Å². The first-order chi connectivity index (χ1) is 8.38. The minimum atomic E-state index is 0.532. The molecule has 0 aliphatic heterocycles. The molecule has 0 amide bonds. The molecule has 3 heteroatoms. The summed E-state index contributed by atoms with van der Waals surface area (Å²) in [6.07, 6.45) is 6.01. The van der Waals surface area contributed by atoms with Crippen LogP contribution in [0.15, 0.2) is 18.3 Å². The molecule has 3 saturated carbocycles. The Kier molecular flexibility index (Phi) is 1.80. The van der Waals surface area contributed by atoms with Gasteiger partial charge in [-0.3, -0.25) is 0 Å². The van der Waals surface area contributed by atoms with E-state index in [1.54, 1.807) is 6.20 Å². The number of nitrogens with one attached hydrogen (secondary N) is 1. The molecule has 3 fully saturated rings. The fourth-order valence-electron chi connectivity index (χ4n) is 4.31. The van der Waals surface area contributed by atoms with Gasteiger partial charge in [-0.25, -0.2) is 4.98 Å². The van der Waals surface area contributed by atoms with E-state index in [1.165, 1.54) is 19.3 Å². The van der Waals surface area contributed by atoms with E-state index in [1.807, 2.05) is 12.1 Å². The molecule has 3 nitrogen and oxygen atoms in total. The van der Waals surface area contributed by atoms with Crippen LogP contribution >= 0.6 is 0 Å². The second-order valence-corrected chi connectivity index (χ2v) is 5.67. The minimum Gasteiger partial charge on any atom is -0.379 e. The van der Waals surface area contributed by atoms with Gasteiger partial charge in [0.25, 0.3) is 0 Å². The highest BCUT2D eigenvalue weighted by molar-refractivity contribution is 5.55. The SMILES string of the molecule is N#Cc1ncccc1NC1C2C3CCC(C3)C12. The molecule has 1 heterocycles. The number of pyridine rings is 1. The number of nitrogens with zero attached hydrogens (tertiary/aromatic N) is 2. The molecule has 4 atom stereocenters. The van der Waals surface area contributed by atoms with Gasteiger partial charge in [-0.05, 0) is 55.1 Å². The molecular weight excluding hydrogens is 210 g/mol. The van der Waals surface area contributed by atoms with Gasteiger partial charge in [0.2, 0.25) is 0 Å². The lowest BCUT2D eigenvalue weighted by molar-refractivity contribution is 0.456. The first kappa shape index (κ1) is 9.47. The summed E-state index contributed by atoms with van der Waals surface area (Å²) in [6.45, 7) is 0. The maximum Gasteiger partial charge on any atom is 0.163 e. The van der Waals surface area contributed by atoms with Crippen molar-refractivity contribution in [2.24, 2.45) is 23.7 Å². The zero-order valence-corrected chi connectivity index (χ0v) is 9.63. The van der Waals surface area contributed by atoms with Crippen molar-refractivity contribution in [3.05, 3.63) is 24.0 Å². The largest absolute Gasteiger partial charge is 0.379 e. The number of hydrogen-bond acceptors (Lipinski definition) is 3. The van der Waals surface area contributed by atoms with Crippen LogP contribution in [0.25, 0.3) is 0 Å². The molecule has 0 saturated heterocycles. The highest BCUT2D eigenvalue weighted by Crippen LogP contribution is 2.66. The Morgan fingerprint density at radius 2 is 2.06 bits per heavy atom. The normalized spacial score (nSPS) is 40.8. The molecule has 86 valence electrons. The topological polar surface area (TPSA) is 48.7 Å². The van der Waals surface area contributed by atoms with Crippen LogP contribution in [0.3, 0.4) is 0 Å². The van der Waals surface area contributed by atoms with Gasteiger partial charge in [-0.1, -0.05) is 0 Å². The molecular formula is C14H15N3. The summed E-state index contributed by atoms with van der Waals surface area (Å²) in [5, 5.41) is 12.6. The van der Waals surface area contributed by atoms with E-state index < -0.39 is 0 Å². The Morgan fingerprint density at radius 1 is 1.29 bits per heavy atom. The third-order valence-corrected chi connectivity index (χ3v) is 4.97. The summed E-state index contributed by atoms with van der Waals surface area (Å²) >= 11 is 0. The van der Waals surface area contributed by atoms with Crippen molar-refractivity contribution in [1.82, 2.24) is 4.98 Å². The van der Waals surface area contributed by atoms with E-state index in [-0.39, 0.29) is 0 Å². The van der Waals surface area contributed by atoms with Gasteiger partial charge < -0.3 is 5.32 Å². The Bertz CT molecular complexity index is 488. The van der Waals surface area contributed by atoms with Crippen molar-refractivity contribution in [2.45, 2.75) is 25.3 Å². The quantitative estimate of drug-likeness (QED) is 0.840. The Hall–Kier alpha value is -1.56. The molecule has 3 aliphatic rings. The summed E-state index contributed by atoms with van der Waals surface area (Å²) in [5.41, 5.74) is 1.46. The Morgan fingerprint density at radius 3 is 2.76 bits per heavy atom. The molecule has 1 N–H and O–H groups in total. The van der Waals surface area contributed by atoms with Gasteiger partial charge in [0, 0.05) is 12.2 Å². The van der Waals surface area contributed by atoms with Gasteiger partial charge in [-0.2, -0.15) is 5.26 Å². The zero-order valence-electron chi connectivity index (χ0n) is 9.63. The van der Waals surface area contributed by atoms with Crippen LogP contribution in [0, 0.1) is 35.0 Å². The summed E-state index contributed by atoms with van der Waals surface area (Å²) < 4.78 is 0. The molecule has 1 aromatic rings. The van der Waals surface area contributed by atoms with Crippen molar-refractivity contribution in [1.29, 1.82) is 5.26 Å². The van der Waals surface area contributed by atoms with Gasteiger partial charge in [-0.15, -0.1) is 0 Å². The van der Waals surface area contributed by atoms with Crippen molar-refractivity contribution in [2.75, 3.05) is 5.32 Å². The van der Waals surface area contributed by atoms with Crippen molar-refractivity contribution in [3.63, 3.8) is 0 Å². The number of nitriles is 1. The molecule has 0 aromatic carbocycles. The van der Waals surface area contributed by atoms with E-state index in [4.69, 9.17) is 5.26 Å². The number of fused-ring (bicyclic) bond motifs is 5. The summed E-state index contributed by atoms with van der Waals surface area (Å²) in [7, 11) is 0. The van der Waals surface area contributed by atoms with Crippen LogP contribution in [0.2, 0.25) is 0 Å². The van der Waals surface area contributed by atoms with Gasteiger partial charge >= 0.3 is 0 Å². The molecule has 4 unspecified atom stereocenters. The first-order valence-corrected chi connectivity index (χ1v) is 6.50. The monoisotopic (exact) mass is 225 g/mol. The smallest absolute Gasteiger partial charge is 0.163 e. The van der Waals surface area contributed by atoms with E-state index in [0.29, 0.717) is 11.7 Å². The van der Waals surface area contributed by atoms with Crippen molar-refractivity contribution < 1.29 is 0 Å². The third-order valence-electron chi connectivity index (χ3n) is 4.97. The standard InChI is InChI=1S/C14H15N3/c15-7-11-10(2-1-5-16-11)17-14-12-8-3-4-9(6-8)13(12)14/h1-2,5,8-9,12-14,17H,3-4,6H2. The number of rotatable bonds is 2. The van der Waals surface area contributed by atoms with Crippen LogP contribution in [-0.4, -0.2) is 11.0 Å². The fraction of sp³-hybridized carbons (Fsp3) is 0.571. The van der Waals surface area contributed by atoms with Crippen LogP contribution < -0.4 is 5.32 Å². The molecule has 0 spiro atoms. The second-order valence-electron chi connectivity index (χ2n) is 5.67. The Labute approximate surface area is 101 Å². The predicted molar refractivity (Wildman–Crippen MR) is 64.2 cm³/mol. The lowest BCUT2D eigenvalue weighted by atomic mass is 10.0. The average Bonchev–Trinajstić information content (AvgIpc) is 2.77. The third kappa shape index (κ3) is 1.24. The molecule has 2 bridgehead atoms. The second kappa shape index (κ2) is 3.22. The fourth-order valence-corrected chi connectivity index (χ4v) is 4.31. The van der Waals surface area contributed by atoms with Crippen LogP contribution in [0.1, 0.15) is 25.0 Å². The molecule has 17 heavy (non-hydrogen) atoms. The Balaban J connectivity index is 1.55. The van der Waals surface area contributed by atoms with Crippen molar-refractivity contribution in [3.8, 4) is 6.07 Å². The lowest BCUT2D eigenvalue weighted by Gasteiger charge is -2.12. The number of anilines is 1. The molecule has 4 rings (SSSR count). The summed E-state index contributed by atoms with van der Waals surface area (Å²) in [6, 6.07) is 6.65. The molecule has 3 aliphatic carbocycles. The van der Waals surface area contributed by atoms with Gasteiger partial charge in [0.1, 0.15) is 6.07 Å². The summed E-state index contributed by atoms with van der Waals surface area (Å²) in [5.74, 6) is 3.70. The zero-order chi connectivity index (χ0) is 11.4. The number of hydrogen-bond donors (Lipinski definition) is 1. The first-order valence-electron chi connectivity index (χ1n) is 6.50. The number of aromatic nitrogens is 1. The van der Waals surface area contributed by atoms with Gasteiger partial charge in [0.05, 0.1) is 5.69 Å². The lowest BCUT2D eigenvalue weighted by Crippen LogP contribution is -2.13. The maximum atomic E-state index is 9.02. The van der Waals surface area contributed by atoms with E-state index in [0.717, 1.165) is 29.4 Å². The minimum absolute atomic E-state index is 0.532. The molecule has 0 radical (unpaired) electrons. The van der Waals surface area contributed by atoms with Crippen molar-refractivity contribution >= 4 is 5.69 Å². The van der Waals surface area contributed by atoms with E-state index >= 15 is 0 Å². The van der Waals surface area contributed by atoms with Crippen LogP contribution in [-0.2, 0) is 0 Å². The van der Waals surface area contributed by atoms with E-state index in [9.17, 15) is 0 Å². The highest BCUT2D eigenvalue weighted by atomic mass is 15.0. The van der Waals surface area contributed by atoms with Crippen LogP contribution in [0.5, 0.6) is 0 Å². The van der Waals surface area contributed by atoms with Gasteiger partial charge in [0.15, 0.2) is 5.69 Å². The summed E-state index contributed by atoms with van der Waals surface area (Å²) in [4.78, 5) is 4.10. The maximum absolute atomic E-state index is 9.02. The average molecular weight is 225 g/mol. The predicted octanol–water partition coefficient (Wildman–Crippen LogP) is 2.41. The van der Waals surface area contributed by atoms with Crippen LogP contribution in [0.4, 0.5) is 5.69 Å². The highest BCUT2D eigenvalue weighted by Gasteiger charge is 2.65. The molecule has 1 aromatic heterocycles.